The second kappa shape index (κ2) is 7.31. The van der Waals surface area contributed by atoms with Crippen LogP contribution in [0.1, 0.15) is 23.2 Å². The van der Waals surface area contributed by atoms with Crippen LogP contribution in [0.4, 0.5) is 0 Å². The molecular formula is C16H23NO4. The predicted molar refractivity (Wildman–Crippen MR) is 80.0 cm³/mol. The fraction of sp³-hybridized carbons (Fsp3) is 0.562. The molecular weight excluding hydrogens is 270 g/mol. The number of nitrogens with zero attached hydrogens (tertiary/aromatic N) is 1. The first-order valence-electron chi connectivity index (χ1n) is 7.21. The number of ether oxygens (including phenoxy) is 3. The van der Waals surface area contributed by atoms with Crippen molar-refractivity contribution < 1.29 is 19.0 Å². The maximum absolute atomic E-state index is 11.5. The molecule has 1 heterocycles. The number of hydrogen-bond donors (Lipinski definition) is 0. The van der Waals surface area contributed by atoms with Gasteiger partial charge in [-0.2, -0.15) is 0 Å². The van der Waals surface area contributed by atoms with Crippen LogP contribution in [0.25, 0.3) is 0 Å². The smallest absolute Gasteiger partial charge is 0.337 e. The number of rotatable bonds is 5. The third-order valence-corrected chi connectivity index (χ3v) is 3.78. The van der Waals surface area contributed by atoms with Gasteiger partial charge in [-0.3, -0.25) is 0 Å². The molecule has 0 N–H and O–H groups in total. The van der Waals surface area contributed by atoms with E-state index in [0.29, 0.717) is 29.6 Å². The number of esters is 1. The molecule has 1 aliphatic heterocycles. The van der Waals surface area contributed by atoms with Gasteiger partial charge in [0.1, 0.15) is 0 Å². The van der Waals surface area contributed by atoms with Crippen LogP contribution in [0, 0.1) is 5.92 Å². The van der Waals surface area contributed by atoms with Gasteiger partial charge in [-0.1, -0.05) is 0 Å². The molecule has 116 valence electrons. The van der Waals surface area contributed by atoms with Crippen molar-refractivity contribution in [3.8, 4) is 11.5 Å². The van der Waals surface area contributed by atoms with Gasteiger partial charge in [-0.05, 0) is 44.6 Å². The topological polar surface area (TPSA) is 48.0 Å². The van der Waals surface area contributed by atoms with Crippen LogP contribution in [-0.4, -0.2) is 51.8 Å². The highest BCUT2D eigenvalue weighted by molar-refractivity contribution is 5.90. The number of methoxy groups -OCH3 is 2. The highest BCUT2D eigenvalue weighted by atomic mass is 16.5. The van der Waals surface area contributed by atoms with Gasteiger partial charge in [0.25, 0.3) is 0 Å². The molecule has 0 amide bonds. The third kappa shape index (κ3) is 4.11. The molecule has 5 heteroatoms. The molecule has 5 nitrogen and oxygen atoms in total. The number of carbonyl (C=O) groups excluding carboxylic acids is 1. The van der Waals surface area contributed by atoms with Gasteiger partial charge < -0.3 is 19.1 Å². The number of benzene rings is 1. The van der Waals surface area contributed by atoms with Crippen LogP contribution >= 0.6 is 0 Å². The maximum atomic E-state index is 11.5. The van der Waals surface area contributed by atoms with Gasteiger partial charge >= 0.3 is 5.97 Å². The quantitative estimate of drug-likeness (QED) is 0.779. The van der Waals surface area contributed by atoms with E-state index in [0.717, 1.165) is 13.1 Å². The summed E-state index contributed by atoms with van der Waals surface area (Å²) in [6.45, 7) is 2.88. The summed E-state index contributed by atoms with van der Waals surface area (Å²) in [4.78, 5) is 13.8. The Bertz CT molecular complexity index is 489. The molecule has 1 aromatic rings. The standard InChI is InChI=1S/C16H23NO4/c1-17-8-4-5-12(10-17)11-21-14-7-6-13(16(18)20-3)9-15(14)19-2/h6-7,9,12H,4-5,8,10-11H2,1-3H3. The summed E-state index contributed by atoms with van der Waals surface area (Å²) in [6.07, 6.45) is 2.40. The van der Waals surface area contributed by atoms with Crippen LogP contribution < -0.4 is 9.47 Å². The molecule has 1 aliphatic rings. The summed E-state index contributed by atoms with van der Waals surface area (Å²) >= 11 is 0. The van der Waals surface area contributed by atoms with Gasteiger partial charge in [-0.15, -0.1) is 0 Å². The van der Waals surface area contributed by atoms with Crippen molar-refractivity contribution in [2.24, 2.45) is 5.92 Å². The van der Waals surface area contributed by atoms with Crippen LogP contribution in [0.5, 0.6) is 11.5 Å². The first-order chi connectivity index (χ1) is 10.1. The van der Waals surface area contributed by atoms with Gasteiger partial charge in [0, 0.05) is 12.5 Å². The Hall–Kier alpha value is -1.75. The van der Waals surface area contributed by atoms with Crippen molar-refractivity contribution in [3.63, 3.8) is 0 Å². The van der Waals surface area contributed by atoms with E-state index in [1.54, 1.807) is 25.3 Å². The number of carbonyl (C=O) groups is 1. The lowest BCUT2D eigenvalue weighted by molar-refractivity contribution is 0.0600. The second-order valence-corrected chi connectivity index (χ2v) is 5.44. The second-order valence-electron chi connectivity index (χ2n) is 5.44. The molecule has 1 saturated heterocycles. The minimum Gasteiger partial charge on any atom is -0.493 e. The molecule has 0 radical (unpaired) electrons. The predicted octanol–water partition coefficient (Wildman–Crippen LogP) is 2.20. The third-order valence-electron chi connectivity index (χ3n) is 3.78. The van der Waals surface area contributed by atoms with Gasteiger partial charge in [0.2, 0.25) is 0 Å². The Kier molecular flexibility index (Phi) is 5.44. The zero-order valence-electron chi connectivity index (χ0n) is 12.9. The van der Waals surface area contributed by atoms with Crippen LogP contribution in [0.15, 0.2) is 18.2 Å². The van der Waals surface area contributed by atoms with Gasteiger partial charge in [0.05, 0.1) is 26.4 Å². The molecule has 1 aromatic carbocycles. The van der Waals surface area contributed by atoms with Crippen molar-refractivity contribution in [2.45, 2.75) is 12.8 Å². The lowest BCUT2D eigenvalue weighted by Gasteiger charge is -2.29. The molecule has 1 atom stereocenters. The monoisotopic (exact) mass is 293 g/mol. The number of hydrogen-bond acceptors (Lipinski definition) is 5. The van der Waals surface area contributed by atoms with Crippen molar-refractivity contribution in [3.05, 3.63) is 23.8 Å². The van der Waals surface area contributed by atoms with E-state index in [2.05, 4.69) is 11.9 Å². The number of likely N-dealkylation sites (tertiary alicyclic amines) is 1. The maximum Gasteiger partial charge on any atom is 0.337 e. The Labute approximate surface area is 125 Å². The van der Waals surface area contributed by atoms with Crippen LogP contribution in [-0.2, 0) is 4.74 Å². The first-order valence-corrected chi connectivity index (χ1v) is 7.21. The minimum atomic E-state index is -0.381. The normalized spacial score (nSPS) is 19.1. The van der Waals surface area contributed by atoms with E-state index in [1.165, 1.54) is 20.0 Å². The van der Waals surface area contributed by atoms with E-state index in [9.17, 15) is 4.79 Å². The highest BCUT2D eigenvalue weighted by Gasteiger charge is 2.19. The number of piperidine rings is 1. The van der Waals surface area contributed by atoms with Crippen LogP contribution in [0.2, 0.25) is 0 Å². The van der Waals surface area contributed by atoms with E-state index < -0.39 is 0 Å². The summed E-state index contributed by atoms with van der Waals surface area (Å²) in [5, 5.41) is 0. The summed E-state index contributed by atoms with van der Waals surface area (Å²) in [6, 6.07) is 5.10. The summed E-state index contributed by atoms with van der Waals surface area (Å²) in [5.74, 6) is 1.38. The van der Waals surface area contributed by atoms with Gasteiger partial charge in [-0.25, -0.2) is 4.79 Å². The molecule has 0 bridgehead atoms. The van der Waals surface area contributed by atoms with E-state index in [4.69, 9.17) is 14.2 Å². The molecule has 0 saturated carbocycles. The fourth-order valence-corrected chi connectivity index (χ4v) is 2.65. The molecule has 0 aromatic heterocycles. The molecule has 2 rings (SSSR count). The lowest BCUT2D eigenvalue weighted by atomic mass is 9.99. The Morgan fingerprint density at radius 1 is 1.33 bits per heavy atom. The van der Waals surface area contributed by atoms with E-state index >= 15 is 0 Å². The van der Waals surface area contributed by atoms with Crippen molar-refractivity contribution in [1.82, 2.24) is 4.90 Å². The van der Waals surface area contributed by atoms with Crippen molar-refractivity contribution in [2.75, 3.05) is 41.0 Å². The Morgan fingerprint density at radius 3 is 2.81 bits per heavy atom. The summed E-state index contributed by atoms with van der Waals surface area (Å²) < 4.78 is 15.9. The van der Waals surface area contributed by atoms with E-state index in [1.807, 2.05) is 0 Å². The average molecular weight is 293 g/mol. The van der Waals surface area contributed by atoms with Crippen molar-refractivity contribution >= 4 is 5.97 Å². The van der Waals surface area contributed by atoms with Crippen LogP contribution in [0.3, 0.4) is 0 Å². The summed E-state index contributed by atoms with van der Waals surface area (Å²) in [5.41, 5.74) is 0.457. The average Bonchev–Trinajstić information content (AvgIpc) is 2.52. The fourth-order valence-electron chi connectivity index (χ4n) is 2.65. The zero-order chi connectivity index (χ0) is 15.2. The Balaban J connectivity index is 2.00. The molecule has 0 aliphatic carbocycles. The zero-order valence-corrected chi connectivity index (χ0v) is 12.9. The largest absolute Gasteiger partial charge is 0.493 e. The molecule has 1 fully saturated rings. The first kappa shape index (κ1) is 15.6. The highest BCUT2D eigenvalue weighted by Crippen LogP contribution is 2.29. The molecule has 1 unspecified atom stereocenters. The van der Waals surface area contributed by atoms with E-state index in [-0.39, 0.29) is 5.97 Å². The SMILES string of the molecule is COC(=O)c1ccc(OCC2CCCN(C)C2)c(OC)c1. The Morgan fingerprint density at radius 2 is 2.14 bits per heavy atom. The van der Waals surface area contributed by atoms with Gasteiger partial charge in [0.15, 0.2) is 11.5 Å². The lowest BCUT2D eigenvalue weighted by Crippen LogP contribution is -2.34. The summed E-state index contributed by atoms with van der Waals surface area (Å²) in [7, 11) is 5.06. The minimum absolute atomic E-state index is 0.381. The molecule has 21 heavy (non-hydrogen) atoms. The van der Waals surface area contributed by atoms with Crippen molar-refractivity contribution in [1.29, 1.82) is 0 Å². The molecule has 0 spiro atoms.